The second-order valence-corrected chi connectivity index (χ2v) is 15.6. The van der Waals surface area contributed by atoms with Gasteiger partial charge in [-0.05, 0) is 56.6 Å². The fourth-order valence-electron chi connectivity index (χ4n) is 1.74. The third-order valence-electron chi connectivity index (χ3n) is 4.57. The van der Waals surface area contributed by atoms with E-state index in [-0.39, 0.29) is 11.6 Å². The van der Waals surface area contributed by atoms with Crippen LogP contribution in [0.4, 0.5) is 8.78 Å². The van der Waals surface area contributed by atoms with E-state index in [1.807, 2.05) is 20.8 Å². The smallest absolute Gasteiger partial charge is 0.192 e. The molecule has 0 radical (unpaired) electrons. The molecule has 1 rings (SSSR count). The minimum absolute atomic E-state index is 0.0226. The SMILES string of the molecule is CC(C)(C)[S@@+]([O-])N[C@H](CO[Si](C)(C)C(C)(C)C)c1ccc(F)c(F)c1. The number of hydrogen-bond acceptors (Lipinski definition) is 3. The highest BCUT2D eigenvalue weighted by Gasteiger charge is 2.38. The van der Waals surface area contributed by atoms with Crippen molar-refractivity contribution in [3.8, 4) is 0 Å². The van der Waals surface area contributed by atoms with Crippen LogP contribution in [0.15, 0.2) is 18.2 Å². The summed E-state index contributed by atoms with van der Waals surface area (Å²) in [5, 5.41) is 0.0226. The van der Waals surface area contributed by atoms with Crippen molar-refractivity contribution in [1.82, 2.24) is 4.72 Å². The van der Waals surface area contributed by atoms with Gasteiger partial charge >= 0.3 is 0 Å². The molecule has 7 heteroatoms. The molecule has 25 heavy (non-hydrogen) atoms. The monoisotopic (exact) mass is 391 g/mol. The Kier molecular flexibility index (Phi) is 7.26. The highest BCUT2D eigenvalue weighted by atomic mass is 32.2. The molecule has 0 heterocycles. The van der Waals surface area contributed by atoms with Crippen molar-refractivity contribution in [2.45, 2.75) is 70.5 Å². The van der Waals surface area contributed by atoms with Crippen LogP contribution < -0.4 is 4.72 Å². The van der Waals surface area contributed by atoms with E-state index < -0.39 is 42.1 Å². The van der Waals surface area contributed by atoms with Crippen molar-refractivity contribution in [1.29, 1.82) is 0 Å². The lowest BCUT2D eigenvalue weighted by Gasteiger charge is -2.37. The summed E-state index contributed by atoms with van der Waals surface area (Å²) in [7, 11) is -2.03. The summed E-state index contributed by atoms with van der Waals surface area (Å²) in [4.78, 5) is 0. The third kappa shape index (κ3) is 6.32. The summed E-state index contributed by atoms with van der Waals surface area (Å²) in [6.07, 6.45) is 0. The molecule has 0 fully saturated rings. The van der Waals surface area contributed by atoms with E-state index in [0.29, 0.717) is 5.56 Å². The van der Waals surface area contributed by atoms with Gasteiger partial charge in [0.05, 0.1) is 12.6 Å². The van der Waals surface area contributed by atoms with Crippen molar-refractivity contribution >= 4 is 19.7 Å². The zero-order valence-electron chi connectivity index (χ0n) is 16.5. The second-order valence-electron chi connectivity index (χ2n) is 8.80. The molecule has 1 N–H and O–H groups in total. The quantitative estimate of drug-likeness (QED) is 0.543. The van der Waals surface area contributed by atoms with Crippen LogP contribution in [0.25, 0.3) is 0 Å². The predicted molar refractivity (Wildman–Crippen MR) is 103 cm³/mol. The minimum Gasteiger partial charge on any atom is -0.598 e. The number of hydrogen-bond donors (Lipinski definition) is 1. The fourth-order valence-corrected chi connectivity index (χ4v) is 3.57. The van der Waals surface area contributed by atoms with Crippen molar-refractivity contribution < 1.29 is 17.8 Å². The molecule has 144 valence electrons. The Morgan fingerprint density at radius 1 is 1.12 bits per heavy atom. The van der Waals surface area contributed by atoms with Gasteiger partial charge in [0.25, 0.3) is 0 Å². The van der Waals surface area contributed by atoms with Gasteiger partial charge in [-0.1, -0.05) is 26.8 Å². The molecule has 1 aromatic rings. The zero-order chi connectivity index (χ0) is 19.6. The van der Waals surface area contributed by atoms with Crippen LogP contribution in [0.2, 0.25) is 18.1 Å². The Bertz CT molecular complexity index is 585. The van der Waals surface area contributed by atoms with E-state index in [1.165, 1.54) is 6.07 Å². The summed E-state index contributed by atoms with van der Waals surface area (Å²) in [6.45, 7) is 16.5. The molecule has 2 atom stereocenters. The molecular weight excluding hydrogens is 360 g/mol. The highest BCUT2D eigenvalue weighted by molar-refractivity contribution is 7.90. The van der Waals surface area contributed by atoms with Gasteiger partial charge in [-0.3, -0.25) is 0 Å². The minimum atomic E-state index is -2.03. The lowest BCUT2D eigenvalue weighted by Crippen LogP contribution is -2.46. The molecule has 1 aromatic carbocycles. The summed E-state index contributed by atoms with van der Waals surface area (Å²) in [5.41, 5.74) is 0.523. The van der Waals surface area contributed by atoms with Crippen molar-refractivity contribution in [2.24, 2.45) is 0 Å². The van der Waals surface area contributed by atoms with Gasteiger partial charge in [-0.15, -0.1) is 4.72 Å². The lowest BCUT2D eigenvalue weighted by atomic mass is 10.1. The summed E-state index contributed by atoms with van der Waals surface area (Å²) in [6, 6.07) is 3.25. The predicted octanol–water partition coefficient (Wildman–Crippen LogP) is 5.08. The average molecular weight is 392 g/mol. The Hall–Kier alpha value is -0.473. The molecular formula is C18H31F2NO2SSi. The molecule has 0 aromatic heterocycles. The maximum atomic E-state index is 13.7. The maximum Gasteiger partial charge on any atom is 0.192 e. The molecule has 0 aliphatic heterocycles. The second kappa shape index (κ2) is 8.04. The van der Waals surface area contributed by atoms with Crippen LogP contribution >= 0.6 is 0 Å². The first-order valence-electron chi connectivity index (χ1n) is 8.42. The maximum absolute atomic E-state index is 13.7. The Morgan fingerprint density at radius 2 is 1.68 bits per heavy atom. The number of rotatable bonds is 6. The van der Waals surface area contributed by atoms with Gasteiger partial charge in [-0.2, -0.15) is 0 Å². The van der Waals surface area contributed by atoms with Crippen molar-refractivity contribution in [2.75, 3.05) is 6.61 Å². The van der Waals surface area contributed by atoms with Gasteiger partial charge in [0.15, 0.2) is 20.0 Å². The molecule has 0 bridgehead atoms. The van der Waals surface area contributed by atoms with E-state index >= 15 is 0 Å². The molecule has 0 saturated carbocycles. The Balaban J connectivity index is 3.05. The molecule has 0 spiro atoms. The molecule has 3 nitrogen and oxygen atoms in total. The average Bonchev–Trinajstić information content (AvgIpc) is 2.44. The molecule has 0 unspecified atom stereocenters. The molecule has 0 aliphatic carbocycles. The first-order chi connectivity index (χ1) is 11.1. The van der Waals surface area contributed by atoms with Crippen molar-refractivity contribution in [3.63, 3.8) is 0 Å². The van der Waals surface area contributed by atoms with Gasteiger partial charge < -0.3 is 8.98 Å². The molecule has 0 aliphatic rings. The van der Waals surface area contributed by atoms with Crippen molar-refractivity contribution in [3.05, 3.63) is 35.4 Å². The van der Waals surface area contributed by atoms with Crippen LogP contribution in [-0.4, -0.2) is 24.2 Å². The van der Waals surface area contributed by atoms with Crippen LogP contribution in [0.3, 0.4) is 0 Å². The summed E-state index contributed by atoms with van der Waals surface area (Å²) < 4.78 is 48.2. The van der Waals surface area contributed by atoms with Crippen LogP contribution in [-0.2, 0) is 15.8 Å². The van der Waals surface area contributed by atoms with E-state index in [2.05, 4.69) is 38.6 Å². The molecule has 0 saturated heterocycles. The summed E-state index contributed by atoms with van der Waals surface area (Å²) >= 11 is -1.36. The highest BCUT2D eigenvalue weighted by Crippen LogP contribution is 2.37. The van der Waals surface area contributed by atoms with Crippen LogP contribution in [0.1, 0.15) is 53.1 Å². The summed E-state index contributed by atoms with van der Waals surface area (Å²) in [5.74, 6) is -1.82. The van der Waals surface area contributed by atoms with E-state index in [4.69, 9.17) is 4.43 Å². The lowest BCUT2D eigenvalue weighted by molar-refractivity contribution is 0.255. The normalized spacial score (nSPS) is 16.0. The van der Waals surface area contributed by atoms with Gasteiger partial charge in [0, 0.05) is 11.4 Å². The Labute approximate surface area is 155 Å². The first kappa shape index (κ1) is 22.6. The van der Waals surface area contributed by atoms with Gasteiger partial charge in [-0.25, -0.2) is 8.78 Å². The van der Waals surface area contributed by atoms with E-state index in [1.54, 1.807) is 0 Å². The topological polar surface area (TPSA) is 44.3 Å². The molecule has 0 amide bonds. The number of benzene rings is 1. The standard InChI is InChI=1S/C18H31F2NO2SSi/c1-17(2,3)24(22)21-16(12-23-25(7,8)18(4,5)6)13-9-10-14(19)15(20)11-13/h9-11,16,21H,12H2,1-8H3/t16-,24-/m1/s1. The van der Waals surface area contributed by atoms with Crippen LogP contribution in [0, 0.1) is 11.6 Å². The fraction of sp³-hybridized carbons (Fsp3) is 0.667. The number of halogens is 2. The first-order valence-corrected chi connectivity index (χ1v) is 12.5. The third-order valence-corrected chi connectivity index (χ3v) is 10.7. The van der Waals surface area contributed by atoms with E-state index in [9.17, 15) is 13.3 Å². The van der Waals surface area contributed by atoms with Gasteiger partial charge in [0.1, 0.15) is 4.75 Å². The van der Waals surface area contributed by atoms with E-state index in [0.717, 1.165) is 12.1 Å². The van der Waals surface area contributed by atoms with Crippen LogP contribution in [0.5, 0.6) is 0 Å². The largest absolute Gasteiger partial charge is 0.598 e. The number of nitrogens with one attached hydrogen (secondary N) is 1. The zero-order valence-corrected chi connectivity index (χ0v) is 18.3. The Morgan fingerprint density at radius 3 is 2.12 bits per heavy atom. The van der Waals surface area contributed by atoms with Gasteiger partial charge in [0.2, 0.25) is 0 Å².